The fourth-order valence-electron chi connectivity index (χ4n) is 1.57. The zero-order valence-electron chi connectivity index (χ0n) is 9.71. The van der Waals surface area contributed by atoms with E-state index in [9.17, 15) is 4.39 Å². The summed E-state index contributed by atoms with van der Waals surface area (Å²) in [6, 6.07) is 9.90. The van der Waals surface area contributed by atoms with E-state index in [0.29, 0.717) is 22.1 Å². The summed E-state index contributed by atoms with van der Waals surface area (Å²) in [5, 5.41) is 0.666. The SMILES string of the molecule is Cc1cc(Oc2cccc(F)c2CCl)ccc1Cl. The van der Waals surface area contributed by atoms with Crippen molar-refractivity contribution in [2.45, 2.75) is 12.8 Å². The summed E-state index contributed by atoms with van der Waals surface area (Å²) in [6.45, 7) is 1.88. The number of hydrogen-bond donors (Lipinski definition) is 0. The lowest BCUT2D eigenvalue weighted by Crippen LogP contribution is -1.93. The van der Waals surface area contributed by atoms with Crippen molar-refractivity contribution in [2.75, 3.05) is 0 Å². The first-order valence-electron chi connectivity index (χ1n) is 5.39. The van der Waals surface area contributed by atoms with Gasteiger partial charge in [0.2, 0.25) is 0 Å². The van der Waals surface area contributed by atoms with Gasteiger partial charge in [-0.05, 0) is 42.8 Å². The molecule has 0 unspecified atom stereocenters. The molecule has 0 bridgehead atoms. The summed E-state index contributed by atoms with van der Waals surface area (Å²) in [6.07, 6.45) is 0. The van der Waals surface area contributed by atoms with Gasteiger partial charge in [0.1, 0.15) is 17.3 Å². The monoisotopic (exact) mass is 284 g/mol. The van der Waals surface area contributed by atoms with Crippen LogP contribution in [-0.2, 0) is 5.88 Å². The second-order valence-corrected chi connectivity index (χ2v) is 4.54. The molecule has 2 aromatic carbocycles. The number of aryl methyl sites for hydroxylation is 1. The molecule has 4 heteroatoms. The van der Waals surface area contributed by atoms with Crippen molar-refractivity contribution in [3.63, 3.8) is 0 Å². The number of benzene rings is 2. The van der Waals surface area contributed by atoms with Crippen molar-refractivity contribution in [3.8, 4) is 11.5 Å². The molecule has 0 heterocycles. The summed E-state index contributed by atoms with van der Waals surface area (Å²) < 4.78 is 19.1. The molecule has 0 amide bonds. The van der Waals surface area contributed by atoms with E-state index in [1.54, 1.807) is 30.3 Å². The lowest BCUT2D eigenvalue weighted by molar-refractivity contribution is 0.470. The van der Waals surface area contributed by atoms with E-state index in [0.717, 1.165) is 5.56 Å². The largest absolute Gasteiger partial charge is 0.457 e. The number of alkyl halides is 1. The Morgan fingerprint density at radius 1 is 1.22 bits per heavy atom. The highest BCUT2D eigenvalue weighted by Gasteiger charge is 2.09. The van der Waals surface area contributed by atoms with Crippen LogP contribution in [0, 0.1) is 12.7 Å². The first kappa shape index (κ1) is 13.2. The predicted octanol–water partition coefficient (Wildman–Crippen LogP) is 5.32. The van der Waals surface area contributed by atoms with E-state index < -0.39 is 0 Å². The Bertz CT molecular complexity index is 570. The highest BCUT2D eigenvalue weighted by molar-refractivity contribution is 6.31. The maximum Gasteiger partial charge on any atom is 0.134 e. The molecule has 0 aromatic heterocycles. The van der Waals surface area contributed by atoms with Gasteiger partial charge in [0, 0.05) is 10.6 Å². The van der Waals surface area contributed by atoms with Crippen LogP contribution in [0.4, 0.5) is 4.39 Å². The second kappa shape index (κ2) is 5.59. The van der Waals surface area contributed by atoms with Gasteiger partial charge >= 0.3 is 0 Å². The quantitative estimate of drug-likeness (QED) is 0.693. The van der Waals surface area contributed by atoms with Crippen LogP contribution in [0.2, 0.25) is 5.02 Å². The number of halogens is 3. The topological polar surface area (TPSA) is 9.23 Å². The van der Waals surface area contributed by atoms with Crippen molar-refractivity contribution in [1.82, 2.24) is 0 Å². The molecule has 2 aromatic rings. The first-order valence-corrected chi connectivity index (χ1v) is 6.30. The molecule has 2 rings (SSSR count). The predicted molar refractivity (Wildman–Crippen MR) is 72.2 cm³/mol. The molecule has 0 aliphatic heterocycles. The van der Waals surface area contributed by atoms with Gasteiger partial charge in [-0.2, -0.15) is 0 Å². The molecule has 0 radical (unpaired) electrons. The zero-order valence-corrected chi connectivity index (χ0v) is 11.2. The minimum atomic E-state index is -0.367. The summed E-state index contributed by atoms with van der Waals surface area (Å²) in [4.78, 5) is 0. The van der Waals surface area contributed by atoms with E-state index in [2.05, 4.69) is 0 Å². The molecule has 0 fully saturated rings. The van der Waals surface area contributed by atoms with E-state index in [4.69, 9.17) is 27.9 Å². The molecule has 0 aliphatic rings. The molecule has 94 valence electrons. The summed E-state index contributed by atoms with van der Waals surface area (Å²) in [5.41, 5.74) is 1.25. The second-order valence-electron chi connectivity index (χ2n) is 3.86. The molecular weight excluding hydrogens is 274 g/mol. The fourth-order valence-corrected chi connectivity index (χ4v) is 1.95. The van der Waals surface area contributed by atoms with Gasteiger partial charge in [-0.25, -0.2) is 4.39 Å². The van der Waals surface area contributed by atoms with E-state index in [-0.39, 0.29) is 11.7 Å². The van der Waals surface area contributed by atoms with E-state index >= 15 is 0 Å². The van der Waals surface area contributed by atoms with Crippen molar-refractivity contribution >= 4 is 23.2 Å². The molecule has 1 nitrogen and oxygen atoms in total. The van der Waals surface area contributed by atoms with Gasteiger partial charge in [0.25, 0.3) is 0 Å². The molecule has 0 saturated heterocycles. The molecule has 0 saturated carbocycles. The molecule has 0 aliphatic carbocycles. The molecule has 0 spiro atoms. The maximum atomic E-state index is 13.5. The molecular formula is C14H11Cl2FO. The van der Waals surface area contributed by atoms with Crippen LogP contribution in [0.25, 0.3) is 0 Å². The van der Waals surface area contributed by atoms with Gasteiger partial charge in [0.05, 0.1) is 5.88 Å². The third-order valence-electron chi connectivity index (χ3n) is 2.57. The van der Waals surface area contributed by atoms with Crippen molar-refractivity contribution in [3.05, 3.63) is 58.4 Å². The Hall–Kier alpha value is -1.25. The summed E-state index contributed by atoms with van der Waals surface area (Å²) in [7, 11) is 0. The third kappa shape index (κ3) is 2.77. The van der Waals surface area contributed by atoms with Gasteiger partial charge in [-0.1, -0.05) is 17.7 Å². The van der Waals surface area contributed by atoms with Crippen LogP contribution >= 0.6 is 23.2 Å². The molecule has 0 atom stereocenters. The molecule has 0 N–H and O–H groups in total. The highest BCUT2D eigenvalue weighted by atomic mass is 35.5. The van der Waals surface area contributed by atoms with Gasteiger partial charge in [-0.3, -0.25) is 0 Å². The summed E-state index contributed by atoms with van der Waals surface area (Å²) >= 11 is 11.6. The van der Waals surface area contributed by atoms with Crippen molar-refractivity contribution < 1.29 is 9.13 Å². The highest BCUT2D eigenvalue weighted by Crippen LogP contribution is 2.30. The standard InChI is InChI=1S/C14H11Cl2FO/c1-9-7-10(5-6-12(9)16)18-14-4-2-3-13(17)11(14)8-15/h2-7H,8H2,1H3. The fraction of sp³-hybridized carbons (Fsp3) is 0.143. The minimum absolute atomic E-state index is 0.0641. The lowest BCUT2D eigenvalue weighted by Gasteiger charge is -2.11. The maximum absolute atomic E-state index is 13.5. The minimum Gasteiger partial charge on any atom is -0.457 e. The van der Waals surface area contributed by atoms with E-state index in [1.165, 1.54) is 6.07 Å². The third-order valence-corrected chi connectivity index (χ3v) is 3.26. The van der Waals surface area contributed by atoms with Crippen LogP contribution in [0.3, 0.4) is 0 Å². The summed E-state index contributed by atoms with van der Waals surface area (Å²) in [5.74, 6) is 0.725. The average molecular weight is 285 g/mol. The smallest absolute Gasteiger partial charge is 0.134 e. The average Bonchev–Trinajstić information content (AvgIpc) is 2.34. The zero-order chi connectivity index (χ0) is 13.1. The van der Waals surface area contributed by atoms with Crippen LogP contribution in [0.15, 0.2) is 36.4 Å². The van der Waals surface area contributed by atoms with Crippen molar-refractivity contribution in [2.24, 2.45) is 0 Å². The van der Waals surface area contributed by atoms with Crippen LogP contribution in [-0.4, -0.2) is 0 Å². The van der Waals surface area contributed by atoms with E-state index in [1.807, 2.05) is 6.92 Å². The Labute approximate surface area is 115 Å². The van der Waals surface area contributed by atoms with Gasteiger partial charge in [0.15, 0.2) is 0 Å². The van der Waals surface area contributed by atoms with Gasteiger partial charge < -0.3 is 4.74 Å². The van der Waals surface area contributed by atoms with Crippen LogP contribution in [0.1, 0.15) is 11.1 Å². The number of rotatable bonds is 3. The van der Waals surface area contributed by atoms with Crippen LogP contribution in [0.5, 0.6) is 11.5 Å². The van der Waals surface area contributed by atoms with Crippen LogP contribution < -0.4 is 4.74 Å². The lowest BCUT2D eigenvalue weighted by atomic mass is 10.2. The molecule has 18 heavy (non-hydrogen) atoms. The normalized spacial score (nSPS) is 10.4. The first-order chi connectivity index (χ1) is 8.61. The van der Waals surface area contributed by atoms with Crippen molar-refractivity contribution in [1.29, 1.82) is 0 Å². The Kier molecular flexibility index (Phi) is 4.10. The van der Waals surface area contributed by atoms with Gasteiger partial charge in [-0.15, -0.1) is 11.6 Å². The number of hydrogen-bond acceptors (Lipinski definition) is 1. The number of ether oxygens (including phenoxy) is 1. The Morgan fingerprint density at radius 2 is 2.00 bits per heavy atom. The Morgan fingerprint density at radius 3 is 2.67 bits per heavy atom. The Balaban J connectivity index is 2.34.